The predicted molar refractivity (Wildman–Crippen MR) is 130 cm³/mol. The van der Waals surface area contributed by atoms with Gasteiger partial charge in [-0.1, -0.05) is 6.07 Å². The Morgan fingerprint density at radius 3 is 2.83 bits per heavy atom. The molecule has 7 heteroatoms. The first kappa shape index (κ1) is 20.4. The van der Waals surface area contributed by atoms with Crippen molar-refractivity contribution in [2.24, 2.45) is 5.92 Å². The van der Waals surface area contributed by atoms with Crippen molar-refractivity contribution in [3.63, 3.8) is 0 Å². The molecule has 2 bridgehead atoms. The summed E-state index contributed by atoms with van der Waals surface area (Å²) in [5.74, 6) is 0.985. The van der Waals surface area contributed by atoms with Crippen molar-refractivity contribution < 1.29 is 24.4 Å². The van der Waals surface area contributed by atoms with Crippen molar-refractivity contribution in [1.29, 1.82) is 0 Å². The van der Waals surface area contributed by atoms with Crippen molar-refractivity contribution in [1.82, 2.24) is 9.47 Å². The van der Waals surface area contributed by atoms with Crippen LogP contribution in [0.15, 0.2) is 24.3 Å². The van der Waals surface area contributed by atoms with E-state index in [1.807, 2.05) is 6.07 Å². The Labute approximate surface area is 207 Å². The van der Waals surface area contributed by atoms with Crippen LogP contribution in [0.5, 0.6) is 11.5 Å². The number of phenolic OH excluding ortho intramolecular Hbond substituents is 1. The van der Waals surface area contributed by atoms with Gasteiger partial charge in [0, 0.05) is 42.1 Å². The average Bonchev–Trinajstić information content (AvgIpc) is 3.52. The normalized spacial score (nSPS) is 35.5. The largest absolute Gasteiger partial charge is 0.504 e. The quantitative estimate of drug-likeness (QED) is 0.514. The molecule has 3 aromatic rings. The molecule has 9 rings (SSSR count). The van der Waals surface area contributed by atoms with Crippen LogP contribution >= 0.6 is 0 Å². The molecule has 3 aliphatic carbocycles. The number of benzene rings is 2. The second kappa shape index (κ2) is 6.26. The van der Waals surface area contributed by atoms with E-state index in [0.717, 1.165) is 53.7 Å². The number of aliphatic hydroxyl groups is 2. The van der Waals surface area contributed by atoms with Crippen LogP contribution in [0.3, 0.4) is 0 Å². The average molecular weight is 489 g/mol. The molecule has 0 radical (unpaired) electrons. The Kier molecular flexibility index (Phi) is 3.56. The summed E-state index contributed by atoms with van der Waals surface area (Å²) in [7, 11) is 0. The monoisotopic (exact) mass is 488 g/mol. The van der Waals surface area contributed by atoms with E-state index in [1.54, 1.807) is 12.1 Å². The molecule has 6 nitrogen and oxygen atoms in total. The van der Waals surface area contributed by atoms with Crippen LogP contribution in [-0.4, -0.2) is 49.5 Å². The molecule has 6 aliphatic rings. The molecule has 1 spiro atoms. The Bertz CT molecular complexity index is 1510. The fourth-order valence-electron chi connectivity index (χ4n) is 8.87. The van der Waals surface area contributed by atoms with Crippen LogP contribution in [0.4, 0.5) is 4.39 Å². The van der Waals surface area contributed by atoms with Crippen LogP contribution in [0, 0.1) is 11.7 Å². The number of aliphatic hydroxyl groups excluding tert-OH is 1. The molecule has 3 N–H and O–H groups in total. The van der Waals surface area contributed by atoms with E-state index >= 15 is 0 Å². The lowest BCUT2D eigenvalue weighted by Crippen LogP contribution is -2.74. The molecule has 0 amide bonds. The number of piperidine rings is 1. The van der Waals surface area contributed by atoms with Gasteiger partial charge in [-0.3, -0.25) is 4.90 Å². The van der Waals surface area contributed by atoms with E-state index in [0.29, 0.717) is 36.6 Å². The molecule has 186 valence electrons. The standard InChI is InChI=1S/C29H29FN2O4/c30-16-10-17-19-12-29(35)22-9-15-3-4-21(34)26-23(15)28(29,6-8-31(22)13-14-1-2-14)27(36-26)25(19)32-7-5-20(33)18(11-16)24(17)32/h3-4,10-11,14,20,22,27,33-35H,1-2,5-9,12-13H2. The van der Waals surface area contributed by atoms with E-state index in [4.69, 9.17) is 4.74 Å². The van der Waals surface area contributed by atoms with Gasteiger partial charge in [0.2, 0.25) is 0 Å². The molecule has 2 aromatic carbocycles. The van der Waals surface area contributed by atoms with Crippen LogP contribution in [-0.2, 0) is 24.8 Å². The van der Waals surface area contributed by atoms with E-state index in [2.05, 4.69) is 9.47 Å². The maximum Gasteiger partial charge on any atom is 0.166 e. The molecular formula is C29H29FN2O4. The van der Waals surface area contributed by atoms with Gasteiger partial charge in [0.05, 0.1) is 28.3 Å². The highest BCUT2D eigenvalue weighted by Gasteiger charge is 2.73. The third-order valence-corrected chi connectivity index (χ3v) is 10.5. The number of rotatable bonds is 2. The number of halogens is 1. The number of aryl methyl sites for hydroxylation is 1. The Morgan fingerprint density at radius 1 is 1.14 bits per heavy atom. The zero-order valence-corrected chi connectivity index (χ0v) is 20.0. The van der Waals surface area contributed by atoms with Crippen molar-refractivity contribution in [2.75, 3.05) is 13.1 Å². The molecule has 3 aliphatic heterocycles. The zero-order valence-electron chi connectivity index (χ0n) is 20.0. The number of ether oxygens (including phenoxy) is 1. The summed E-state index contributed by atoms with van der Waals surface area (Å²) in [5.41, 5.74) is 3.83. The van der Waals surface area contributed by atoms with Crippen LogP contribution in [0.2, 0.25) is 0 Å². The number of hydrogen-bond acceptors (Lipinski definition) is 5. The summed E-state index contributed by atoms with van der Waals surface area (Å²) in [5, 5.41) is 35.4. The SMILES string of the molecule is Oc1ccc2c3c1OC1c4c(c5cc(F)cc6c5n4CCC6O)CC4(O)C(C2)N(CC2CC2)CCC314. The first-order valence-corrected chi connectivity index (χ1v) is 13.4. The topological polar surface area (TPSA) is 78.1 Å². The molecule has 1 saturated carbocycles. The molecule has 1 aromatic heterocycles. The van der Waals surface area contributed by atoms with Crippen molar-refractivity contribution in [3.8, 4) is 11.5 Å². The van der Waals surface area contributed by atoms with E-state index in [1.165, 1.54) is 24.5 Å². The molecular weight excluding hydrogens is 459 g/mol. The number of nitrogens with zero attached hydrogens (tertiary/aromatic N) is 2. The highest BCUT2D eigenvalue weighted by molar-refractivity contribution is 5.90. The van der Waals surface area contributed by atoms with Crippen LogP contribution < -0.4 is 4.74 Å². The second-order valence-corrected chi connectivity index (χ2v) is 12.1. The Morgan fingerprint density at radius 2 is 2.00 bits per heavy atom. The van der Waals surface area contributed by atoms with Gasteiger partial charge in [-0.15, -0.1) is 0 Å². The molecule has 5 atom stereocenters. The third kappa shape index (κ3) is 2.14. The van der Waals surface area contributed by atoms with Gasteiger partial charge < -0.3 is 24.6 Å². The van der Waals surface area contributed by atoms with E-state index < -0.39 is 23.2 Å². The number of aromatic nitrogens is 1. The van der Waals surface area contributed by atoms with Gasteiger partial charge in [-0.05, 0) is 73.9 Å². The fraction of sp³-hybridized carbons (Fsp3) is 0.517. The molecule has 4 heterocycles. The van der Waals surface area contributed by atoms with Crippen LogP contribution in [0.1, 0.15) is 65.8 Å². The van der Waals surface area contributed by atoms with Crippen molar-refractivity contribution >= 4 is 10.9 Å². The summed E-state index contributed by atoms with van der Waals surface area (Å²) in [6.07, 6.45) is 3.76. The predicted octanol–water partition coefficient (Wildman–Crippen LogP) is 3.62. The highest BCUT2D eigenvalue weighted by atomic mass is 19.1. The smallest absolute Gasteiger partial charge is 0.166 e. The van der Waals surface area contributed by atoms with Crippen molar-refractivity contribution in [2.45, 2.75) is 74.3 Å². The van der Waals surface area contributed by atoms with Crippen LogP contribution in [0.25, 0.3) is 10.9 Å². The number of fused-ring (bicyclic) bond motifs is 4. The summed E-state index contributed by atoms with van der Waals surface area (Å²) in [4.78, 5) is 2.51. The highest BCUT2D eigenvalue weighted by Crippen LogP contribution is 2.69. The van der Waals surface area contributed by atoms with Gasteiger partial charge in [0.1, 0.15) is 5.82 Å². The number of likely N-dealkylation sites (tertiary alicyclic amines) is 1. The maximum atomic E-state index is 14.9. The lowest BCUT2D eigenvalue weighted by atomic mass is 9.49. The lowest BCUT2D eigenvalue weighted by Gasteiger charge is -2.63. The molecule has 1 saturated heterocycles. The van der Waals surface area contributed by atoms with Gasteiger partial charge in [-0.2, -0.15) is 0 Å². The minimum absolute atomic E-state index is 0.0590. The summed E-state index contributed by atoms with van der Waals surface area (Å²) in [6, 6.07) is 6.72. The van der Waals surface area contributed by atoms with E-state index in [9.17, 15) is 19.7 Å². The summed E-state index contributed by atoms with van der Waals surface area (Å²) in [6.45, 7) is 2.52. The summed E-state index contributed by atoms with van der Waals surface area (Å²) >= 11 is 0. The molecule has 2 fully saturated rings. The molecule has 36 heavy (non-hydrogen) atoms. The van der Waals surface area contributed by atoms with Gasteiger partial charge in [0.15, 0.2) is 17.6 Å². The summed E-state index contributed by atoms with van der Waals surface area (Å²) < 4.78 is 23.8. The lowest BCUT2D eigenvalue weighted by molar-refractivity contribution is -0.173. The maximum absolute atomic E-state index is 14.9. The van der Waals surface area contributed by atoms with Gasteiger partial charge in [-0.25, -0.2) is 4.39 Å². The number of phenols is 1. The van der Waals surface area contributed by atoms with Gasteiger partial charge in [0.25, 0.3) is 0 Å². The Hall–Kier alpha value is -2.61. The minimum atomic E-state index is -1.10. The van der Waals surface area contributed by atoms with Gasteiger partial charge >= 0.3 is 0 Å². The van der Waals surface area contributed by atoms with E-state index in [-0.39, 0.29) is 17.6 Å². The minimum Gasteiger partial charge on any atom is -0.504 e. The second-order valence-electron chi connectivity index (χ2n) is 12.1. The number of aromatic hydroxyl groups is 1. The van der Waals surface area contributed by atoms with Crippen molar-refractivity contribution in [3.05, 3.63) is 58.0 Å². The Balaban J connectivity index is 1.36. The number of hydrogen-bond donors (Lipinski definition) is 3. The first-order valence-electron chi connectivity index (χ1n) is 13.4. The zero-order chi connectivity index (χ0) is 24.1. The fourth-order valence-corrected chi connectivity index (χ4v) is 8.87. The first-order chi connectivity index (χ1) is 17.4. The molecule has 5 unspecified atom stereocenters. The third-order valence-electron chi connectivity index (χ3n) is 10.5.